The van der Waals surface area contributed by atoms with Gasteiger partial charge in [0.25, 0.3) is 0 Å². The summed E-state index contributed by atoms with van der Waals surface area (Å²) in [6.07, 6.45) is 3.42. The summed E-state index contributed by atoms with van der Waals surface area (Å²) in [4.78, 5) is 18.9. The summed E-state index contributed by atoms with van der Waals surface area (Å²) >= 11 is 0. The van der Waals surface area contributed by atoms with Crippen molar-refractivity contribution in [3.63, 3.8) is 0 Å². The van der Waals surface area contributed by atoms with Gasteiger partial charge in [-0.1, -0.05) is 6.07 Å². The Morgan fingerprint density at radius 1 is 1.55 bits per heavy atom. The standard InChI is InChI=1S/C14H16FN3O2/c1-9(14-16-5-6-17-14)18-13(19)8-10-3-4-12(20-2)11(15)7-10/h3-7,9H,8H2,1-2H3,(H,16,17)(H,18,19). The second-order valence-corrected chi connectivity index (χ2v) is 4.41. The number of aromatic amines is 1. The van der Waals surface area contributed by atoms with Gasteiger partial charge in [-0.2, -0.15) is 0 Å². The molecule has 0 radical (unpaired) electrons. The number of halogens is 1. The van der Waals surface area contributed by atoms with Gasteiger partial charge < -0.3 is 15.0 Å². The van der Waals surface area contributed by atoms with Crippen molar-refractivity contribution in [2.24, 2.45) is 0 Å². The Morgan fingerprint density at radius 3 is 2.95 bits per heavy atom. The van der Waals surface area contributed by atoms with Crippen LogP contribution in [0.3, 0.4) is 0 Å². The highest BCUT2D eigenvalue weighted by Gasteiger charge is 2.12. The van der Waals surface area contributed by atoms with Crippen LogP contribution in [0.15, 0.2) is 30.6 Å². The van der Waals surface area contributed by atoms with E-state index in [0.717, 1.165) is 0 Å². The zero-order chi connectivity index (χ0) is 14.5. The second-order valence-electron chi connectivity index (χ2n) is 4.41. The summed E-state index contributed by atoms with van der Waals surface area (Å²) in [5, 5.41) is 2.79. The van der Waals surface area contributed by atoms with E-state index in [1.165, 1.54) is 19.2 Å². The van der Waals surface area contributed by atoms with Crippen molar-refractivity contribution in [2.45, 2.75) is 19.4 Å². The van der Waals surface area contributed by atoms with Crippen molar-refractivity contribution in [3.05, 3.63) is 47.8 Å². The predicted molar refractivity (Wildman–Crippen MR) is 71.8 cm³/mol. The largest absolute Gasteiger partial charge is 0.494 e. The van der Waals surface area contributed by atoms with Gasteiger partial charge in [0.1, 0.15) is 5.82 Å². The summed E-state index contributed by atoms with van der Waals surface area (Å²) in [5.74, 6) is 0.174. The molecule has 6 heteroatoms. The van der Waals surface area contributed by atoms with Gasteiger partial charge in [-0.3, -0.25) is 4.79 Å². The highest BCUT2D eigenvalue weighted by Crippen LogP contribution is 2.18. The third-order valence-electron chi connectivity index (χ3n) is 2.89. The third kappa shape index (κ3) is 3.34. The Labute approximate surface area is 116 Å². The van der Waals surface area contributed by atoms with Crippen LogP contribution in [0.1, 0.15) is 24.4 Å². The number of aromatic nitrogens is 2. The molecule has 0 bridgehead atoms. The second kappa shape index (κ2) is 6.18. The fourth-order valence-electron chi connectivity index (χ4n) is 1.88. The topological polar surface area (TPSA) is 67.0 Å². The number of imidazole rings is 1. The monoisotopic (exact) mass is 277 g/mol. The fourth-order valence-corrected chi connectivity index (χ4v) is 1.88. The van der Waals surface area contributed by atoms with E-state index in [2.05, 4.69) is 15.3 Å². The Bertz CT molecular complexity index is 584. The van der Waals surface area contributed by atoms with Crippen molar-refractivity contribution in [2.75, 3.05) is 7.11 Å². The number of ether oxygens (including phenoxy) is 1. The SMILES string of the molecule is COc1ccc(CC(=O)NC(C)c2ncc[nH]2)cc1F. The maximum absolute atomic E-state index is 13.5. The lowest BCUT2D eigenvalue weighted by atomic mass is 10.1. The van der Waals surface area contributed by atoms with Gasteiger partial charge in [-0.25, -0.2) is 9.37 Å². The maximum Gasteiger partial charge on any atom is 0.224 e. The highest BCUT2D eigenvalue weighted by atomic mass is 19.1. The van der Waals surface area contributed by atoms with Gasteiger partial charge in [0.15, 0.2) is 11.6 Å². The highest BCUT2D eigenvalue weighted by molar-refractivity contribution is 5.78. The smallest absolute Gasteiger partial charge is 0.224 e. The average Bonchev–Trinajstić information content (AvgIpc) is 2.92. The molecule has 20 heavy (non-hydrogen) atoms. The molecule has 0 saturated carbocycles. The number of hydrogen-bond acceptors (Lipinski definition) is 3. The van der Waals surface area contributed by atoms with Crippen molar-refractivity contribution >= 4 is 5.91 Å². The van der Waals surface area contributed by atoms with Crippen LogP contribution in [-0.2, 0) is 11.2 Å². The first-order valence-corrected chi connectivity index (χ1v) is 6.21. The molecular weight excluding hydrogens is 261 g/mol. The van der Waals surface area contributed by atoms with Gasteiger partial charge in [0.2, 0.25) is 5.91 Å². The van der Waals surface area contributed by atoms with E-state index in [1.54, 1.807) is 18.5 Å². The molecule has 1 heterocycles. The molecule has 1 atom stereocenters. The minimum atomic E-state index is -0.475. The van der Waals surface area contributed by atoms with E-state index in [0.29, 0.717) is 11.4 Å². The van der Waals surface area contributed by atoms with E-state index in [4.69, 9.17) is 4.74 Å². The van der Waals surface area contributed by atoms with E-state index >= 15 is 0 Å². The van der Waals surface area contributed by atoms with E-state index in [-0.39, 0.29) is 24.1 Å². The summed E-state index contributed by atoms with van der Waals surface area (Å²) in [7, 11) is 1.40. The zero-order valence-electron chi connectivity index (χ0n) is 11.3. The van der Waals surface area contributed by atoms with Crippen LogP contribution in [-0.4, -0.2) is 23.0 Å². The number of carbonyl (C=O) groups excluding carboxylic acids is 1. The molecule has 2 N–H and O–H groups in total. The van der Waals surface area contributed by atoms with Crippen LogP contribution in [0, 0.1) is 5.82 Å². The van der Waals surface area contributed by atoms with Gasteiger partial charge in [0, 0.05) is 12.4 Å². The van der Waals surface area contributed by atoms with Crippen LogP contribution in [0.25, 0.3) is 0 Å². The number of methoxy groups -OCH3 is 1. The molecule has 0 aliphatic heterocycles. The van der Waals surface area contributed by atoms with Crippen molar-refractivity contribution < 1.29 is 13.9 Å². The van der Waals surface area contributed by atoms with E-state index < -0.39 is 5.82 Å². The number of H-pyrrole nitrogens is 1. The zero-order valence-corrected chi connectivity index (χ0v) is 11.3. The van der Waals surface area contributed by atoms with Crippen LogP contribution in [0.2, 0.25) is 0 Å². The van der Waals surface area contributed by atoms with Crippen molar-refractivity contribution in [1.82, 2.24) is 15.3 Å². The lowest BCUT2D eigenvalue weighted by molar-refractivity contribution is -0.121. The van der Waals surface area contributed by atoms with Gasteiger partial charge in [-0.05, 0) is 24.6 Å². The van der Waals surface area contributed by atoms with Gasteiger partial charge in [-0.15, -0.1) is 0 Å². The number of hydrogen-bond donors (Lipinski definition) is 2. The molecule has 0 spiro atoms. The first kappa shape index (κ1) is 14.0. The Balaban J connectivity index is 1.96. The molecule has 2 aromatic rings. The normalized spacial score (nSPS) is 11.9. The summed E-state index contributed by atoms with van der Waals surface area (Å²) in [6.45, 7) is 1.82. The van der Waals surface area contributed by atoms with Crippen LogP contribution >= 0.6 is 0 Å². The summed E-state index contributed by atoms with van der Waals surface area (Å²) in [5.41, 5.74) is 0.590. The molecule has 0 fully saturated rings. The molecule has 1 aromatic heterocycles. The fraction of sp³-hybridized carbons (Fsp3) is 0.286. The quantitative estimate of drug-likeness (QED) is 0.878. The first-order chi connectivity index (χ1) is 9.60. The summed E-state index contributed by atoms with van der Waals surface area (Å²) in [6, 6.07) is 4.25. The Morgan fingerprint density at radius 2 is 2.35 bits per heavy atom. The molecule has 106 valence electrons. The number of nitrogens with one attached hydrogen (secondary N) is 2. The Hall–Kier alpha value is -2.37. The van der Waals surface area contributed by atoms with Crippen molar-refractivity contribution in [3.8, 4) is 5.75 Å². The molecule has 5 nitrogen and oxygen atoms in total. The number of amides is 1. The van der Waals surface area contributed by atoms with E-state index in [1.807, 2.05) is 6.92 Å². The van der Waals surface area contributed by atoms with Crippen molar-refractivity contribution in [1.29, 1.82) is 0 Å². The van der Waals surface area contributed by atoms with Gasteiger partial charge in [0.05, 0.1) is 19.6 Å². The predicted octanol–water partition coefficient (Wildman–Crippen LogP) is 1.98. The maximum atomic E-state index is 13.5. The molecule has 1 unspecified atom stereocenters. The summed E-state index contributed by atoms with van der Waals surface area (Å²) < 4.78 is 18.3. The number of benzene rings is 1. The number of nitrogens with zero attached hydrogens (tertiary/aromatic N) is 1. The average molecular weight is 277 g/mol. The molecule has 0 aliphatic rings. The van der Waals surface area contributed by atoms with Crippen LogP contribution in [0.5, 0.6) is 5.75 Å². The lowest BCUT2D eigenvalue weighted by Gasteiger charge is -2.11. The van der Waals surface area contributed by atoms with Crippen LogP contribution in [0.4, 0.5) is 4.39 Å². The molecule has 0 saturated heterocycles. The lowest BCUT2D eigenvalue weighted by Crippen LogP contribution is -2.28. The molecule has 1 amide bonds. The van der Waals surface area contributed by atoms with Gasteiger partial charge >= 0.3 is 0 Å². The first-order valence-electron chi connectivity index (χ1n) is 6.21. The third-order valence-corrected chi connectivity index (χ3v) is 2.89. The molecule has 0 aliphatic carbocycles. The van der Waals surface area contributed by atoms with E-state index in [9.17, 15) is 9.18 Å². The molecular formula is C14H16FN3O2. The molecule has 2 rings (SSSR count). The minimum absolute atomic E-state index is 0.103. The van der Waals surface area contributed by atoms with Crippen LogP contribution < -0.4 is 10.1 Å². The number of carbonyl (C=O) groups is 1. The Kier molecular flexibility index (Phi) is 4.34. The number of rotatable bonds is 5. The minimum Gasteiger partial charge on any atom is -0.494 e. The molecule has 1 aromatic carbocycles.